The number of rotatable bonds is 4. The van der Waals surface area contributed by atoms with Crippen molar-refractivity contribution >= 4 is 5.97 Å². The van der Waals surface area contributed by atoms with Crippen LogP contribution in [0.25, 0.3) is 0 Å². The first-order valence-electron chi connectivity index (χ1n) is 6.08. The summed E-state index contributed by atoms with van der Waals surface area (Å²) in [7, 11) is 1.57. The molecule has 0 aliphatic carbocycles. The van der Waals surface area contributed by atoms with Gasteiger partial charge < -0.3 is 19.3 Å². The highest BCUT2D eigenvalue weighted by Gasteiger charge is 2.31. The van der Waals surface area contributed by atoms with Crippen LogP contribution in [0.5, 0.6) is 11.5 Å². The quantitative estimate of drug-likeness (QED) is 0.905. The molecule has 0 fully saturated rings. The predicted molar refractivity (Wildman–Crippen MR) is 68.4 cm³/mol. The molecule has 0 amide bonds. The van der Waals surface area contributed by atoms with Crippen LogP contribution in [0.1, 0.15) is 25.0 Å². The first-order valence-corrected chi connectivity index (χ1v) is 6.08. The van der Waals surface area contributed by atoms with E-state index in [0.717, 1.165) is 16.9 Å². The smallest absolute Gasteiger partial charge is 0.309 e. The molecule has 1 N–H and O–H groups in total. The van der Waals surface area contributed by atoms with Crippen LogP contribution in [0.2, 0.25) is 0 Å². The summed E-state index contributed by atoms with van der Waals surface area (Å²) in [5, 5.41) is 9.27. The molecule has 19 heavy (non-hydrogen) atoms. The molecule has 1 aliphatic rings. The third kappa shape index (κ3) is 2.66. The van der Waals surface area contributed by atoms with Gasteiger partial charge in [0.25, 0.3) is 0 Å². The number of benzene rings is 1. The first-order chi connectivity index (χ1) is 8.95. The number of hydrogen-bond acceptors (Lipinski definition) is 4. The molecule has 1 aliphatic heterocycles. The van der Waals surface area contributed by atoms with Crippen molar-refractivity contribution in [2.45, 2.75) is 26.9 Å². The van der Waals surface area contributed by atoms with Gasteiger partial charge in [-0.25, -0.2) is 0 Å². The molecule has 0 atom stereocenters. The van der Waals surface area contributed by atoms with E-state index < -0.39 is 11.4 Å². The molecular weight excluding hydrogens is 248 g/mol. The van der Waals surface area contributed by atoms with E-state index in [4.69, 9.17) is 14.2 Å². The predicted octanol–water partition coefficient (Wildman–Crippen LogP) is 2.21. The number of carbonyl (C=O) groups is 1. The van der Waals surface area contributed by atoms with Crippen molar-refractivity contribution in [3.63, 3.8) is 0 Å². The van der Waals surface area contributed by atoms with Crippen LogP contribution in [0.15, 0.2) is 12.1 Å². The fourth-order valence-electron chi connectivity index (χ4n) is 2.09. The molecular formula is C14H18O5. The fraction of sp³-hybridized carbons (Fsp3) is 0.500. The maximum absolute atomic E-state index is 11.3. The highest BCUT2D eigenvalue weighted by atomic mass is 16.7. The monoisotopic (exact) mass is 266 g/mol. The Morgan fingerprint density at radius 1 is 1.47 bits per heavy atom. The number of hydrogen-bond donors (Lipinski definition) is 1. The number of fused-ring (bicyclic) bond motifs is 1. The van der Waals surface area contributed by atoms with Crippen molar-refractivity contribution in [2.75, 3.05) is 13.9 Å². The number of aliphatic carboxylic acids is 1. The van der Waals surface area contributed by atoms with Gasteiger partial charge in [0, 0.05) is 11.1 Å². The largest absolute Gasteiger partial charge is 0.496 e. The second-order valence-corrected chi connectivity index (χ2v) is 5.20. The van der Waals surface area contributed by atoms with Gasteiger partial charge >= 0.3 is 5.97 Å². The molecule has 0 saturated carbocycles. The third-order valence-corrected chi connectivity index (χ3v) is 3.31. The molecule has 0 unspecified atom stereocenters. The first kappa shape index (κ1) is 13.7. The lowest BCUT2D eigenvalue weighted by Crippen LogP contribution is -2.27. The molecule has 5 heteroatoms. The maximum atomic E-state index is 11.3. The highest BCUT2D eigenvalue weighted by Crippen LogP contribution is 2.37. The second kappa shape index (κ2) is 5.09. The lowest BCUT2D eigenvalue weighted by atomic mass is 9.83. The molecule has 5 nitrogen and oxygen atoms in total. The van der Waals surface area contributed by atoms with Gasteiger partial charge in [0.2, 0.25) is 0 Å². The molecule has 0 saturated heterocycles. The summed E-state index contributed by atoms with van der Waals surface area (Å²) >= 11 is 0. The average molecular weight is 266 g/mol. The fourth-order valence-corrected chi connectivity index (χ4v) is 2.09. The Kier molecular flexibility index (Phi) is 3.66. The molecule has 0 spiro atoms. The molecule has 0 aromatic heterocycles. The summed E-state index contributed by atoms with van der Waals surface area (Å²) in [4.78, 5) is 11.3. The van der Waals surface area contributed by atoms with Crippen molar-refractivity contribution in [1.29, 1.82) is 0 Å². The summed E-state index contributed by atoms with van der Waals surface area (Å²) in [6.45, 7) is 4.02. The Morgan fingerprint density at radius 3 is 2.84 bits per heavy atom. The van der Waals surface area contributed by atoms with Gasteiger partial charge in [-0.1, -0.05) is 0 Å². The van der Waals surface area contributed by atoms with Crippen LogP contribution in [0.3, 0.4) is 0 Å². The van der Waals surface area contributed by atoms with Gasteiger partial charge in [0.05, 0.1) is 19.1 Å². The summed E-state index contributed by atoms with van der Waals surface area (Å²) in [5.41, 5.74) is 0.840. The number of methoxy groups -OCH3 is 1. The van der Waals surface area contributed by atoms with Crippen LogP contribution >= 0.6 is 0 Å². The van der Waals surface area contributed by atoms with Crippen LogP contribution in [0.4, 0.5) is 0 Å². The molecule has 1 aromatic rings. The summed E-state index contributed by atoms with van der Waals surface area (Å²) < 4.78 is 16.0. The van der Waals surface area contributed by atoms with Gasteiger partial charge in [-0.15, -0.1) is 0 Å². The van der Waals surface area contributed by atoms with Gasteiger partial charge in [0.15, 0.2) is 6.79 Å². The van der Waals surface area contributed by atoms with E-state index in [1.165, 1.54) is 0 Å². The van der Waals surface area contributed by atoms with Gasteiger partial charge in [-0.2, -0.15) is 0 Å². The molecule has 1 aromatic carbocycles. The van der Waals surface area contributed by atoms with Crippen molar-refractivity contribution in [3.05, 3.63) is 23.3 Å². The van der Waals surface area contributed by atoms with Crippen molar-refractivity contribution in [1.82, 2.24) is 0 Å². The van der Waals surface area contributed by atoms with Gasteiger partial charge in [0.1, 0.15) is 11.5 Å². The molecule has 0 radical (unpaired) electrons. The molecule has 104 valence electrons. The normalized spacial score (nSPS) is 14.5. The SMILES string of the molecule is COc1ccc2c(c1CC(C)(C)C(=O)O)COCO2. The zero-order valence-electron chi connectivity index (χ0n) is 11.4. The zero-order valence-corrected chi connectivity index (χ0v) is 11.4. The van der Waals surface area contributed by atoms with E-state index >= 15 is 0 Å². The minimum atomic E-state index is -0.875. The molecule has 1 heterocycles. The van der Waals surface area contributed by atoms with E-state index in [1.54, 1.807) is 27.0 Å². The van der Waals surface area contributed by atoms with E-state index in [2.05, 4.69) is 0 Å². The zero-order chi connectivity index (χ0) is 14.0. The summed E-state index contributed by atoms with van der Waals surface area (Å²) in [6.07, 6.45) is 0.362. The minimum absolute atomic E-state index is 0.223. The van der Waals surface area contributed by atoms with Crippen molar-refractivity contribution < 1.29 is 24.1 Å². The van der Waals surface area contributed by atoms with Crippen LogP contribution in [-0.2, 0) is 22.6 Å². The lowest BCUT2D eigenvalue weighted by molar-refractivity contribution is -0.146. The minimum Gasteiger partial charge on any atom is -0.496 e. The van der Waals surface area contributed by atoms with Crippen molar-refractivity contribution in [2.24, 2.45) is 5.41 Å². The summed E-state index contributed by atoms with van der Waals surface area (Å²) in [5.74, 6) is 0.565. The standard InChI is InChI=1S/C14H18O5/c1-14(2,13(15)16)6-9-10-7-18-8-19-12(10)5-4-11(9)17-3/h4-5H,6-8H2,1-3H3,(H,15,16). The van der Waals surface area contributed by atoms with Gasteiger partial charge in [-0.05, 0) is 32.4 Å². The van der Waals surface area contributed by atoms with E-state index in [0.29, 0.717) is 18.8 Å². The molecule has 0 bridgehead atoms. The van der Waals surface area contributed by atoms with Crippen LogP contribution in [-0.4, -0.2) is 25.0 Å². The van der Waals surface area contributed by atoms with E-state index in [-0.39, 0.29) is 6.79 Å². The number of carboxylic acids is 1. The van der Waals surface area contributed by atoms with Crippen molar-refractivity contribution in [3.8, 4) is 11.5 Å². The van der Waals surface area contributed by atoms with Crippen LogP contribution < -0.4 is 9.47 Å². The van der Waals surface area contributed by atoms with E-state index in [9.17, 15) is 9.90 Å². The Bertz CT molecular complexity index is 493. The molecule has 2 rings (SSSR count). The average Bonchev–Trinajstić information content (AvgIpc) is 2.38. The topological polar surface area (TPSA) is 65.0 Å². The van der Waals surface area contributed by atoms with Gasteiger partial charge in [-0.3, -0.25) is 4.79 Å². The number of carboxylic acid groups (broad SMARTS) is 1. The second-order valence-electron chi connectivity index (χ2n) is 5.20. The highest BCUT2D eigenvalue weighted by molar-refractivity contribution is 5.74. The summed E-state index contributed by atoms with van der Waals surface area (Å²) in [6, 6.07) is 3.63. The van der Waals surface area contributed by atoms with E-state index in [1.807, 2.05) is 6.07 Å². The lowest BCUT2D eigenvalue weighted by Gasteiger charge is -2.26. The Labute approximate surface area is 112 Å². The number of ether oxygens (including phenoxy) is 3. The Morgan fingerprint density at radius 2 is 2.21 bits per heavy atom. The third-order valence-electron chi connectivity index (χ3n) is 3.31. The Hall–Kier alpha value is -1.75. The Balaban J connectivity index is 2.45. The van der Waals surface area contributed by atoms with Crippen LogP contribution in [0, 0.1) is 5.41 Å². The maximum Gasteiger partial charge on any atom is 0.309 e.